The zero-order chi connectivity index (χ0) is 71.2. The molecule has 1 heterocycles. The van der Waals surface area contributed by atoms with Gasteiger partial charge in [-0.05, 0) is 119 Å². The third kappa shape index (κ3) is 28.3. The van der Waals surface area contributed by atoms with E-state index in [0.29, 0.717) is 68.4 Å². The van der Waals surface area contributed by atoms with E-state index in [9.17, 15) is 43.2 Å². The summed E-state index contributed by atoms with van der Waals surface area (Å²) in [5.41, 5.74) is 33.7. The molecule has 0 aliphatic carbocycles. The number of carbonyl (C=O) groups excluding carboxylic acids is 10. The number of carbonyl (C=O) groups is 10. The Morgan fingerprint density at radius 1 is 0.242 bits per heavy atom. The molecule has 1 aliphatic rings. The first-order valence-corrected chi connectivity index (χ1v) is 34.4. The van der Waals surface area contributed by atoms with E-state index < -0.39 is 99.6 Å². The molecule has 5 aromatic carbocycles. The minimum absolute atomic E-state index is 0.00582. The molecule has 0 aromatic heterocycles. The van der Waals surface area contributed by atoms with E-state index in [4.69, 9.17) is 28.7 Å². The Balaban J connectivity index is 1.42. The number of Topliss-reactive ketones (excluding diaryl/α,β-unsaturated/α-hetero) is 1. The van der Waals surface area contributed by atoms with Crippen LogP contribution in [0.3, 0.4) is 0 Å². The van der Waals surface area contributed by atoms with Gasteiger partial charge in [0.1, 0.15) is 26.2 Å². The summed E-state index contributed by atoms with van der Waals surface area (Å²) in [4.78, 5) is 162. The van der Waals surface area contributed by atoms with Crippen LogP contribution >= 0.6 is 0 Å². The molecule has 1 fully saturated rings. The highest BCUT2D eigenvalue weighted by atomic mass is 16.2. The summed E-state index contributed by atoms with van der Waals surface area (Å²) < 4.78 is 0. The predicted molar refractivity (Wildman–Crippen MR) is 379 cm³/mol. The molecule has 9 amide bonds. The van der Waals surface area contributed by atoms with Crippen molar-refractivity contribution in [3.63, 3.8) is 0 Å². The fourth-order valence-corrected chi connectivity index (χ4v) is 11.4. The van der Waals surface area contributed by atoms with Gasteiger partial charge in [-0.2, -0.15) is 0 Å². The van der Waals surface area contributed by atoms with Gasteiger partial charge in [0.25, 0.3) is 0 Å². The average Bonchev–Trinajstić information content (AvgIpc) is 0.906. The fraction of sp³-hybridized carbons (Fsp3) is 0.459. The van der Waals surface area contributed by atoms with Crippen molar-refractivity contribution in [1.82, 2.24) is 49.0 Å². The van der Waals surface area contributed by atoms with E-state index >= 15 is 4.79 Å². The molecule has 1 aliphatic heterocycles. The van der Waals surface area contributed by atoms with Gasteiger partial charge in [-0.25, -0.2) is 0 Å². The summed E-state index contributed by atoms with van der Waals surface area (Å²) in [6.07, 6.45) is 2.66. The molecule has 0 saturated carbocycles. The number of benzene rings is 5. The maximum absolute atomic E-state index is 15.0. The molecule has 0 bridgehead atoms. The van der Waals surface area contributed by atoms with Crippen LogP contribution in [0.25, 0.3) is 0 Å². The third-order valence-corrected chi connectivity index (χ3v) is 17.0. The highest BCUT2D eigenvalue weighted by Gasteiger charge is 2.33. The Labute approximate surface area is 583 Å². The zero-order valence-electron chi connectivity index (χ0n) is 57.4. The Morgan fingerprint density at radius 2 is 0.455 bits per heavy atom. The first kappa shape index (κ1) is 78.8. The maximum Gasteiger partial charge on any atom is 0.242 e. The molecule has 25 nitrogen and oxygen atoms in total. The number of amides is 9. The Kier molecular flexibility index (Phi) is 34.9. The average molecular weight is 1360 g/mol. The normalized spacial score (nSPS) is 16.6. The van der Waals surface area contributed by atoms with Crippen molar-refractivity contribution in [2.24, 2.45) is 28.7 Å². The monoisotopic (exact) mass is 1360 g/mol. The van der Waals surface area contributed by atoms with Crippen molar-refractivity contribution in [2.75, 3.05) is 137 Å². The SMILES string of the molecule is NCCCN1CCCCC(=O)CN(Cc2ccccc2)C(=O)CN(CCCN)C(=O)CN(Cc2ccccc2)C(=O)CN(CCCN)C(=O)CN(Cc2ccccc2)C(=O)CN(CCCN)C(=O)CN(Cc2ccccc2)C(=O)CN(CCCN)C(=O)CN(Cc2ccccc2)C(=O)C1. The van der Waals surface area contributed by atoms with Crippen LogP contribution in [-0.2, 0) is 80.7 Å². The first-order valence-electron chi connectivity index (χ1n) is 34.4. The molecule has 6 rings (SSSR count). The molecule has 1 saturated heterocycles. The number of hydrogen-bond donors (Lipinski definition) is 5. The summed E-state index contributed by atoms with van der Waals surface area (Å²) in [5, 5.41) is 0. The number of rotatable bonds is 25. The second kappa shape index (κ2) is 43.9. The van der Waals surface area contributed by atoms with Crippen LogP contribution in [0.15, 0.2) is 152 Å². The molecule has 0 radical (unpaired) electrons. The topological polar surface area (TPSA) is 333 Å². The van der Waals surface area contributed by atoms with Crippen molar-refractivity contribution in [1.29, 1.82) is 0 Å². The molecule has 0 unspecified atom stereocenters. The summed E-state index contributed by atoms with van der Waals surface area (Å²) in [6, 6.07) is 45.3. The molecule has 10 N–H and O–H groups in total. The summed E-state index contributed by atoms with van der Waals surface area (Å²) >= 11 is 0. The molecule has 25 heteroatoms. The lowest BCUT2D eigenvalue weighted by Gasteiger charge is -2.33. The van der Waals surface area contributed by atoms with Crippen LogP contribution in [0, 0.1) is 0 Å². The van der Waals surface area contributed by atoms with E-state index in [1.807, 2.05) is 77.7 Å². The van der Waals surface area contributed by atoms with Gasteiger partial charge in [0.05, 0.1) is 39.3 Å². The molecular weight excluding hydrogens is 1260 g/mol. The molecule has 534 valence electrons. The van der Waals surface area contributed by atoms with Crippen molar-refractivity contribution < 1.29 is 47.9 Å². The van der Waals surface area contributed by atoms with Crippen molar-refractivity contribution in [2.45, 2.75) is 84.1 Å². The summed E-state index contributed by atoms with van der Waals surface area (Å²) in [6.45, 7) is -2.60. The Bertz CT molecular complexity index is 3300. The molecular formula is C74H103N15O10. The standard InChI is InChI=1S/C74H103N15O10/c75-34-18-40-80-39-17-16-33-65(90)50-85(45-60-23-6-1-7-24-60)71(96)52-81(41-19-35-76)68(93)57-87(47-62-27-10-3-11-28-62)73(98)54-83(43-21-37-78)70(95)59-89(49-64-31-14-5-15-32-64)74(99)55-84(44-22-38-79)69(94)58-88(48-63-29-12-4-13-30-63)72(97)53-82(42-20-36-77)67(92)56-86(66(91)51-80)46-61-25-8-2-9-26-61/h1-15,23-32H,16-22,33-59,75-79H2. The Morgan fingerprint density at radius 3 is 0.707 bits per heavy atom. The Hall–Kier alpha value is -9.24. The van der Waals surface area contributed by atoms with Crippen LogP contribution in [-0.4, -0.2) is 245 Å². The van der Waals surface area contributed by atoms with E-state index in [1.165, 1.54) is 44.1 Å². The number of nitrogens with zero attached hydrogens (tertiary/aromatic N) is 10. The molecule has 0 atom stereocenters. The summed E-state index contributed by atoms with van der Waals surface area (Å²) in [7, 11) is 0. The van der Waals surface area contributed by atoms with Crippen LogP contribution in [0.1, 0.15) is 79.2 Å². The smallest absolute Gasteiger partial charge is 0.242 e. The highest BCUT2D eigenvalue weighted by molar-refractivity contribution is 5.94. The minimum atomic E-state index is -0.633. The minimum Gasteiger partial charge on any atom is -0.332 e. The van der Waals surface area contributed by atoms with Gasteiger partial charge in [-0.1, -0.05) is 152 Å². The number of hydrogen-bond acceptors (Lipinski definition) is 16. The van der Waals surface area contributed by atoms with Gasteiger partial charge in [0, 0.05) is 65.3 Å². The van der Waals surface area contributed by atoms with E-state index in [0.717, 1.165) is 11.1 Å². The lowest BCUT2D eigenvalue weighted by molar-refractivity contribution is -0.149. The fourth-order valence-electron chi connectivity index (χ4n) is 11.4. The number of nitrogens with two attached hydrogens (primary N) is 5. The molecule has 99 heavy (non-hydrogen) atoms. The van der Waals surface area contributed by atoms with Crippen LogP contribution < -0.4 is 28.7 Å². The van der Waals surface area contributed by atoms with Crippen LogP contribution in [0.2, 0.25) is 0 Å². The van der Waals surface area contributed by atoms with E-state index in [-0.39, 0.29) is 129 Å². The van der Waals surface area contributed by atoms with Gasteiger partial charge < -0.3 is 72.8 Å². The van der Waals surface area contributed by atoms with Crippen molar-refractivity contribution >= 4 is 58.9 Å². The van der Waals surface area contributed by atoms with Crippen molar-refractivity contribution in [3.05, 3.63) is 179 Å². The lowest BCUT2D eigenvalue weighted by atomic mass is 10.1. The zero-order valence-corrected chi connectivity index (χ0v) is 57.4. The third-order valence-electron chi connectivity index (χ3n) is 17.0. The largest absolute Gasteiger partial charge is 0.332 e. The van der Waals surface area contributed by atoms with Gasteiger partial charge >= 0.3 is 0 Å². The van der Waals surface area contributed by atoms with Gasteiger partial charge in [-0.3, -0.25) is 52.8 Å². The second-order valence-electron chi connectivity index (χ2n) is 24.9. The van der Waals surface area contributed by atoms with Crippen LogP contribution in [0.5, 0.6) is 0 Å². The lowest BCUT2D eigenvalue weighted by Crippen LogP contribution is -2.52. The van der Waals surface area contributed by atoms with Gasteiger partial charge in [0.2, 0.25) is 53.2 Å². The maximum atomic E-state index is 15.0. The predicted octanol–water partition coefficient (Wildman–Crippen LogP) is 2.24. The number of ketones is 1. The second-order valence-corrected chi connectivity index (χ2v) is 24.9. The van der Waals surface area contributed by atoms with Gasteiger partial charge in [-0.15, -0.1) is 0 Å². The van der Waals surface area contributed by atoms with Crippen LogP contribution in [0.4, 0.5) is 0 Å². The first-order chi connectivity index (χ1) is 48.0. The van der Waals surface area contributed by atoms with Crippen molar-refractivity contribution in [3.8, 4) is 0 Å². The molecule has 5 aromatic rings. The van der Waals surface area contributed by atoms with E-state index in [1.54, 1.807) is 78.9 Å². The quantitative estimate of drug-likeness (QED) is 0.0559. The highest BCUT2D eigenvalue weighted by Crippen LogP contribution is 2.17. The van der Waals surface area contributed by atoms with E-state index in [2.05, 4.69) is 0 Å². The summed E-state index contributed by atoms with van der Waals surface area (Å²) in [5.74, 6) is -5.32. The molecule has 0 spiro atoms. The van der Waals surface area contributed by atoms with Gasteiger partial charge in [0.15, 0.2) is 5.78 Å².